The van der Waals surface area contributed by atoms with Crippen LogP contribution in [-0.4, -0.2) is 9.97 Å². The van der Waals surface area contributed by atoms with Crippen molar-refractivity contribution in [3.63, 3.8) is 0 Å². The molecule has 92 valence electrons. The number of H-pyrrole nitrogens is 1. The second-order valence-corrected chi connectivity index (χ2v) is 4.77. The van der Waals surface area contributed by atoms with E-state index in [9.17, 15) is 18.0 Å². The van der Waals surface area contributed by atoms with Crippen LogP contribution in [0.1, 0.15) is 5.56 Å². The topological polar surface area (TPSA) is 45.8 Å². The Hall–Kier alpha value is -1.89. The summed E-state index contributed by atoms with van der Waals surface area (Å²) in [4.78, 5) is 17.9. The Bertz CT molecular complexity index is 803. The normalized spacial score (nSPS) is 12.4. The lowest BCUT2D eigenvalue weighted by molar-refractivity contribution is -0.137. The summed E-state index contributed by atoms with van der Waals surface area (Å²) < 4.78 is 38.8. The van der Waals surface area contributed by atoms with Crippen molar-refractivity contribution in [2.45, 2.75) is 6.18 Å². The Morgan fingerprint density at radius 2 is 2.06 bits per heavy atom. The standard InChI is InChI=1S/C11H5F3N2OS/c12-11(13,14)5-1-2-7-6(3-5)8-9(18-7)10(17)16-4-15-8/h1-4H,(H,15,16,17). The van der Waals surface area contributed by atoms with E-state index >= 15 is 0 Å². The number of rotatable bonds is 0. The summed E-state index contributed by atoms with van der Waals surface area (Å²) in [6.07, 6.45) is -3.21. The number of hydrogen-bond acceptors (Lipinski definition) is 3. The summed E-state index contributed by atoms with van der Waals surface area (Å²) >= 11 is 1.13. The minimum absolute atomic E-state index is 0.310. The number of benzene rings is 1. The molecule has 1 aromatic carbocycles. The number of alkyl halides is 3. The summed E-state index contributed by atoms with van der Waals surface area (Å²) in [6, 6.07) is 3.40. The van der Waals surface area contributed by atoms with Crippen LogP contribution in [0.25, 0.3) is 20.3 Å². The van der Waals surface area contributed by atoms with Crippen molar-refractivity contribution in [1.82, 2.24) is 9.97 Å². The predicted molar refractivity (Wildman–Crippen MR) is 62.7 cm³/mol. The van der Waals surface area contributed by atoms with Crippen LogP contribution < -0.4 is 5.56 Å². The zero-order valence-corrected chi connectivity index (χ0v) is 9.52. The number of hydrogen-bond donors (Lipinski definition) is 1. The molecule has 0 aliphatic carbocycles. The second kappa shape index (κ2) is 3.55. The molecule has 0 spiro atoms. The van der Waals surface area contributed by atoms with Gasteiger partial charge in [0.05, 0.1) is 17.4 Å². The monoisotopic (exact) mass is 270 g/mol. The van der Waals surface area contributed by atoms with Gasteiger partial charge in [-0.15, -0.1) is 11.3 Å². The first-order valence-electron chi connectivity index (χ1n) is 4.94. The molecule has 0 atom stereocenters. The molecule has 0 aliphatic heterocycles. The molecule has 0 amide bonds. The Balaban J connectivity index is 2.44. The summed E-state index contributed by atoms with van der Waals surface area (Å²) in [5.74, 6) is 0. The molecular weight excluding hydrogens is 265 g/mol. The van der Waals surface area contributed by atoms with Crippen molar-refractivity contribution < 1.29 is 13.2 Å². The van der Waals surface area contributed by atoms with Crippen LogP contribution >= 0.6 is 11.3 Å². The number of aromatic nitrogens is 2. The van der Waals surface area contributed by atoms with Crippen molar-refractivity contribution in [2.24, 2.45) is 0 Å². The number of nitrogens with one attached hydrogen (secondary N) is 1. The van der Waals surface area contributed by atoms with Gasteiger partial charge >= 0.3 is 6.18 Å². The van der Waals surface area contributed by atoms with Crippen molar-refractivity contribution in [2.75, 3.05) is 0 Å². The van der Waals surface area contributed by atoms with Gasteiger partial charge in [-0.1, -0.05) is 0 Å². The van der Waals surface area contributed by atoms with Crippen LogP contribution in [0.2, 0.25) is 0 Å². The smallest absolute Gasteiger partial charge is 0.312 e. The van der Waals surface area contributed by atoms with Crippen LogP contribution in [0.4, 0.5) is 13.2 Å². The van der Waals surface area contributed by atoms with E-state index in [-0.39, 0.29) is 5.56 Å². The number of fused-ring (bicyclic) bond motifs is 3. The second-order valence-electron chi connectivity index (χ2n) is 3.72. The van der Waals surface area contributed by atoms with E-state index in [2.05, 4.69) is 9.97 Å². The first-order chi connectivity index (χ1) is 8.47. The molecule has 2 heterocycles. The number of nitrogens with zero attached hydrogens (tertiary/aromatic N) is 1. The van der Waals surface area contributed by atoms with E-state index in [1.54, 1.807) is 0 Å². The van der Waals surface area contributed by atoms with Crippen molar-refractivity contribution >= 4 is 31.6 Å². The third-order valence-corrected chi connectivity index (χ3v) is 3.74. The van der Waals surface area contributed by atoms with Gasteiger partial charge in [0.1, 0.15) is 4.70 Å². The molecule has 3 nitrogen and oxygen atoms in total. The summed E-state index contributed by atoms with van der Waals surface area (Å²) in [6.45, 7) is 0. The third kappa shape index (κ3) is 1.59. The van der Waals surface area contributed by atoms with Crippen molar-refractivity contribution in [3.8, 4) is 0 Å². The molecule has 0 fully saturated rings. The molecule has 7 heteroatoms. The lowest BCUT2D eigenvalue weighted by Crippen LogP contribution is -2.04. The zero-order valence-electron chi connectivity index (χ0n) is 8.71. The number of thiophene rings is 1. The molecule has 0 saturated heterocycles. The highest BCUT2D eigenvalue weighted by molar-refractivity contribution is 7.25. The highest BCUT2D eigenvalue weighted by Gasteiger charge is 2.30. The van der Waals surface area contributed by atoms with Crippen LogP contribution in [0.5, 0.6) is 0 Å². The Morgan fingerprint density at radius 1 is 1.28 bits per heavy atom. The third-order valence-electron chi connectivity index (χ3n) is 2.58. The van der Waals surface area contributed by atoms with Crippen LogP contribution in [0.3, 0.4) is 0 Å². The van der Waals surface area contributed by atoms with E-state index < -0.39 is 11.7 Å². The van der Waals surface area contributed by atoms with E-state index in [4.69, 9.17) is 0 Å². The number of halogens is 3. The molecule has 0 saturated carbocycles. The van der Waals surface area contributed by atoms with Gasteiger partial charge in [0, 0.05) is 10.1 Å². The first-order valence-corrected chi connectivity index (χ1v) is 5.75. The minimum atomic E-state index is -4.40. The number of aromatic amines is 1. The maximum absolute atomic E-state index is 12.6. The average molecular weight is 270 g/mol. The molecular formula is C11H5F3N2OS. The molecule has 2 aromatic heterocycles. The fourth-order valence-corrected chi connectivity index (χ4v) is 2.80. The van der Waals surface area contributed by atoms with Crippen molar-refractivity contribution in [3.05, 3.63) is 40.4 Å². The molecule has 0 radical (unpaired) electrons. The first kappa shape index (κ1) is 11.2. The minimum Gasteiger partial charge on any atom is -0.312 e. The lowest BCUT2D eigenvalue weighted by atomic mass is 10.1. The molecule has 18 heavy (non-hydrogen) atoms. The molecule has 0 bridgehead atoms. The summed E-state index contributed by atoms with van der Waals surface area (Å²) in [5, 5.41) is 0.357. The molecule has 3 aromatic rings. The summed E-state index contributed by atoms with van der Waals surface area (Å²) in [5.41, 5.74) is -0.767. The lowest BCUT2D eigenvalue weighted by Gasteiger charge is -2.05. The van der Waals surface area contributed by atoms with Gasteiger partial charge in [-0.2, -0.15) is 13.2 Å². The molecule has 1 N–H and O–H groups in total. The van der Waals surface area contributed by atoms with E-state index in [1.165, 1.54) is 12.4 Å². The van der Waals surface area contributed by atoms with E-state index in [1.807, 2.05) is 0 Å². The van der Waals surface area contributed by atoms with Gasteiger partial charge in [0.2, 0.25) is 0 Å². The molecule has 0 aliphatic rings. The van der Waals surface area contributed by atoms with Crippen LogP contribution in [-0.2, 0) is 6.18 Å². The largest absolute Gasteiger partial charge is 0.416 e. The van der Waals surface area contributed by atoms with Gasteiger partial charge < -0.3 is 4.98 Å². The Morgan fingerprint density at radius 3 is 2.78 bits per heavy atom. The fraction of sp³-hybridized carbons (Fsp3) is 0.0909. The van der Waals surface area contributed by atoms with Gasteiger partial charge in [0.25, 0.3) is 5.56 Å². The molecule has 3 rings (SSSR count). The van der Waals surface area contributed by atoms with Gasteiger partial charge in [0.15, 0.2) is 0 Å². The molecule has 0 unspecified atom stereocenters. The quantitative estimate of drug-likeness (QED) is 0.682. The maximum atomic E-state index is 12.6. The van der Waals surface area contributed by atoms with Crippen LogP contribution in [0, 0.1) is 0 Å². The van der Waals surface area contributed by atoms with Gasteiger partial charge in [-0.3, -0.25) is 4.79 Å². The summed E-state index contributed by atoms with van der Waals surface area (Å²) in [7, 11) is 0. The fourth-order valence-electron chi connectivity index (χ4n) is 1.76. The van der Waals surface area contributed by atoms with E-state index in [0.29, 0.717) is 20.3 Å². The average Bonchev–Trinajstić information content (AvgIpc) is 2.67. The van der Waals surface area contributed by atoms with Gasteiger partial charge in [-0.05, 0) is 18.2 Å². The highest BCUT2D eigenvalue weighted by atomic mass is 32.1. The van der Waals surface area contributed by atoms with Crippen molar-refractivity contribution in [1.29, 1.82) is 0 Å². The van der Waals surface area contributed by atoms with Crippen LogP contribution in [0.15, 0.2) is 29.3 Å². The zero-order chi connectivity index (χ0) is 12.9. The Kier molecular flexibility index (Phi) is 2.21. The maximum Gasteiger partial charge on any atom is 0.416 e. The SMILES string of the molecule is O=c1[nH]cnc2c1sc1ccc(C(F)(F)F)cc12. The van der Waals surface area contributed by atoms with E-state index in [0.717, 1.165) is 23.5 Å². The Labute approximate surface area is 102 Å². The predicted octanol–water partition coefficient (Wildman–Crippen LogP) is 3.16. The highest BCUT2D eigenvalue weighted by Crippen LogP contribution is 2.36. The van der Waals surface area contributed by atoms with Gasteiger partial charge in [-0.25, -0.2) is 4.98 Å².